The molecule has 0 radical (unpaired) electrons. The summed E-state index contributed by atoms with van der Waals surface area (Å²) in [6.07, 6.45) is 3.69. The Morgan fingerprint density at radius 3 is 2.52 bits per heavy atom. The molecular formula is C20H13ClN2OS. The van der Waals surface area contributed by atoms with Gasteiger partial charge in [-0.25, -0.2) is 4.98 Å². The van der Waals surface area contributed by atoms with Gasteiger partial charge in [0, 0.05) is 16.0 Å². The van der Waals surface area contributed by atoms with Crippen LogP contribution in [0.25, 0.3) is 33.5 Å². The molecule has 5 heteroatoms. The van der Waals surface area contributed by atoms with E-state index in [1.54, 1.807) is 6.08 Å². The lowest BCUT2D eigenvalue weighted by atomic mass is 10.1. The number of aromatic nitrogens is 2. The maximum atomic E-state index is 12.6. The summed E-state index contributed by atoms with van der Waals surface area (Å²) in [6.45, 7) is 0. The van der Waals surface area contributed by atoms with Crippen molar-refractivity contribution in [2.24, 2.45) is 0 Å². The number of hydrogen-bond donors (Lipinski definition) is 1. The number of aromatic amines is 1. The largest absolute Gasteiger partial charge is 0.306 e. The first-order chi connectivity index (χ1) is 12.2. The summed E-state index contributed by atoms with van der Waals surface area (Å²) in [5.41, 5.74) is 2.80. The maximum absolute atomic E-state index is 12.6. The van der Waals surface area contributed by atoms with Gasteiger partial charge in [0.1, 0.15) is 10.7 Å². The van der Waals surface area contributed by atoms with Crippen molar-refractivity contribution in [1.82, 2.24) is 9.97 Å². The van der Waals surface area contributed by atoms with E-state index >= 15 is 0 Å². The third-order valence-corrected chi connectivity index (χ3v) is 4.97. The number of nitrogens with zero attached hydrogens (tertiary/aromatic N) is 1. The molecule has 2 heterocycles. The molecule has 4 rings (SSSR count). The van der Waals surface area contributed by atoms with Gasteiger partial charge in [0.05, 0.1) is 5.39 Å². The maximum Gasteiger partial charge on any atom is 0.260 e. The Kier molecular flexibility index (Phi) is 4.22. The van der Waals surface area contributed by atoms with Crippen molar-refractivity contribution in [1.29, 1.82) is 0 Å². The molecule has 0 aliphatic heterocycles. The Morgan fingerprint density at radius 2 is 1.76 bits per heavy atom. The molecular weight excluding hydrogens is 352 g/mol. The number of halogens is 1. The van der Waals surface area contributed by atoms with Crippen molar-refractivity contribution >= 4 is 45.3 Å². The molecule has 0 bridgehead atoms. The predicted molar refractivity (Wildman–Crippen MR) is 106 cm³/mol. The van der Waals surface area contributed by atoms with E-state index in [0.29, 0.717) is 16.2 Å². The first kappa shape index (κ1) is 15.8. The molecule has 0 atom stereocenters. The second-order valence-electron chi connectivity index (χ2n) is 5.53. The second-order valence-corrected chi connectivity index (χ2v) is 6.83. The standard InChI is InChI=1S/C20H13ClN2OS/c21-15-9-6-13(7-10-15)8-11-17-22-19(24)18-16(12-25-20(18)23-17)14-4-2-1-3-5-14/h1-12H,(H,22,23,24)/b11-8+. The highest BCUT2D eigenvalue weighted by atomic mass is 35.5. The van der Waals surface area contributed by atoms with Crippen LogP contribution in [0.5, 0.6) is 0 Å². The summed E-state index contributed by atoms with van der Waals surface area (Å²) in [5.74, 6) is 0.536. The van der Waals surface area contributed by atoms with Crippen molar-refractivity contribution in [2.75, 3.05) is 0 Å². The van der Waals surface area contributed by atoms with Gasteiger partial charge in [-0.2, -0.15) is 0 Å². The van der Waals surface area contributed by atoms with Gasteiger partial charge in [0.2, 0.25) is 0 Å². The Bertz CT molecular complexity index is 1110. The average Bonchev–Trinajstić information content (AvgIpc) is 3.07. The van der Waals surface area contributed by atoms with Crippen LogP contribution in [0.1, 0.15) is 11.4 Å². The number of hydrogen-bond acceptors (Lipinski definition) is 3. The van der Waals surface area contributed by atoms with Crippen molar-refractivity contribution in [3.8, 4) is 11.1 Å². The molecule has 3 nitrogen and oxygen atoms in total. The van der Waals surface area contributed by atoms with Crippen molar-refractivity contribution in [3.63, 3.8) is 0 Å². The highest BCUT2D eigenvalue weighted by Gasteiger charge is 2.11. The van der Waals surface area contributed by atoms with Gasteiger partial charge >= 0.3 is 0 Å². The highest BCUT2D eigenvalue weighted by Crippen LogP contribution is 2.30. The molecule has 0 saturated carbocycles. The van der Waals surface area contributed by atoms with Gasteiger partial charge < -0.3 is 4.98 Å². The highest BCUT2D eigenvalue weighted by molar-refractivity contribution is 7.17. The Labute approximate surface area is 153 Å². The van der Waals surface area contributed by atoms with Crippen LogP contribution < -0.4 is 5.56 Å². The van der Waals surface area contributed by atoms with E-state index in [1.807, 2.05) is 66.1 Å². The second kappa shape index (κ2) is 6.67. The molecule has 0 saturated heterocycles. The summed E-state index contributed by atoms with van der Waals surface area (Å²) < 4.78 is 0. The zero-order chi connectivity index (χ0) is 17.2. The zero-order valence-corrected chi connectivity index (χ0v) is 14.6. The number of nitrogens with one attached hydrogen (secondary N) is 1. The first-order valence-electron chi connectivity index (χ1n) is 7.71. The van der Waals surface area contributed by atoms with Crippen LogP contribution in [-0.4, -0.2) is 9.97 Å². The van der Waals surface area contributed by atoms with Gasteiger partial charge in [0.15, 0.2) is 0 Å². The molecule has 0 unspecified atom stereocenters. The summed E-state index contributed by atoms with van der Waals surface area (Å²) in [7, 11) is 0. The molecule has 2 aromatic carbocycles. The van der Waals surface area contributed by atoms with E-state index < -0.39 is 0 Å². The van der Waals surface area contributed by atoms with E-state index in [0.717, 1.165) is 21.5 Å². The number of thiophene rings is 1. The van der Waals surface area contributed by atoms with Gasteiger partial charge in [0.25, 0.3) is 5.56 Å². The van der Waals surface area contributed by atoms with E-state index in [1.165, 1.54) is 11.3 Å². The van der Waals surface area contributed by atoms with Crippen molar-refractivity contribution in [2.45, 2.75) is 0 Å². The lowest BCUT2D eigenvalue weighted by Gasteiger charge is -1.99. The minimum Gasteiger partial charge on any atom is -0.306 e. The van der Waals surface area contributed by atoms with E-state index in [-0.39, 0.29) is 5.56 Å². The molecule has 4 aromatic rings. The van der Waals surface area contributed by atoms with Crippen LogP contribution in [0.15, 0.2) is 64.8 Å². The van der Waals surface area contributed by atoms with Crippen LogP contribution in [0, 0.1) is 0 Å². The molecule has 122 valence electrons. The third-order valence-electron chi connectivity index (χ3n) is 3.85. The summed E-state index contributed by atoms with van der Waals surface area (Å²) in [4.78, 5) is 20.7. The van der Waals surface area contributed by atoms with Crippen LogP contribution in [0.3, 0.4) is 0 Å². The van der Waals surface area contributed by atoms with Crippen LogP contribution in [-0.2, 0) is 0 Å². The van der Waals surface area contributed by atoms with Crippen molar-refractivity contribution in [3.05, 3.63) is 86.7 Å². The molecule has 1 N–H and O–H groups in total. The van der Waals surface area contributed by atoms with Gasteiger partial charge in [-0.1, -0.05) is 60.1 Å². The number of H-pyrrole nitrogens is 1. The SMILES string of the molecule is O=c1[nH]c(/C=C/c2ccc(Cl)cc2)nc2scc(-c3ccccc3)c12. The normalized spacial score (nSPS) is 11.4. The molecule has 2 aromatic heterocycles. The van der Waals surface area contributed by atoms with E-state index in [9.17, 15) is 4.79 Å². The number of benzene rings is 2. The minimum atomic E-state index is -0.124. The smallest absolute Gasteiger partial charge is 0.260 e. The fraction of sp³-hybridized carbons (Fsp3) is 0. The molecule has 0 spiro atoms. The monoisotopic (exact) mass is 364 g/mol. The fourth-order valence-electron chi connectivity index (χ4n) is 2.62. The molecule has 0 aliphatic rings. The van der Waals surface area contributed by atoms with E-state index in [4.69, 9.17) is 11.6 Å². The Balaban J connectivity index is 1.74. The van der Waals surface area contributed by atoms with Crippen LogP contribution in [0.2, 0.25) is 5.02 Å². The number of rotatable bonds is 3. The third kappa shape index (κ3) is 3.27. The Hall–Kier alpha value is -2.69. The molecule has 0 aliphatic carbocycles. The lowest BCUT2D eigenvalue weighted by Crippen LogP contribution is -2.09. The zero-order valence-electron chi connectivity index (χ0n) is 13.1. The molecule has 25 heavy (non-hydrogen) atoms. The van der Waals surface area contributed by atoms with Gasteiger partial charge in [-0.15, -0.1) is 11.3 Å². The average molecular weight is 365 g/mol. The van der Waals surface area contributed by atoms with Crippen LogP contribution in [0.4, 0.5) is 0 Å². The number of fused-ring (bicyclic) bond motifs is 1. The summed E-state index contributed by atoms with van der Waals surface area (Å²) >= 11 is 7.36. The summed E-state index contributed by atoms with van der Waals surface area (Å²) in [5, 5.41) is 3.31. The quantitative estimate of drug-likeness (QED) is 0.523. The molecule has 0 amide bonds. The molecule has 0 fully saturated rings. The topological polar surface area (TPSA) is 45.8 Å². The van der Waals surface area contributed by atoms with Gasteiger partial charge in [-0.3, -0.25) is 4.79 Å². The summed E-state index contributed by atoms with van der Waals surface area (Å²) in [6, 6.07) is 17.3. The minimum absolute atomic E-state index is 0.124. The lowest BCUT2D eigenvalue weighted by molar-refractivity contribution is 1.15. The Morgan fingerprint density at radius 1 is 1.00 bits per heavy atom. The van der Waals surface area contributed by atoms with Crippen molar-refractivity contribution < 1.29 is 0 Å². The fourth-order valence-corrected chi connectivity index (χ4v) is 3.70. The predicted octanol–water partition coefficient (Wildman–Crippen LogP) is 5.48. The van der Waals surface area contributed by atoms with Crippen LogP contribution >= 0.6 is 22.9 Å². The van der Waals surface area contributed by atoms with Gasteiger partial charge in [-0.05, 0) is 29.3 Å². The van der Waals surface area contributed by atoms with E-state index in [2.05, 4.69) is 9.97 Å². The first-order valence-corrected chi connectivity index (χ1v) is 8.97.